The highest BCUT2D eigenvalue weighted by atomic mass is 32.2. The molecule has 0 spiro atoms. The normalized spacial score (nSPS) is 5.89. The van der Waals surface area contributed by atoms with Crippen molar-refractivity contribution in [3.8, 4) is 17.8 Å². The molecular formula is C3N4OS. The summed E-state index contributed by atoms with van der Waals surface area (Å²) in [7, 11) is 0. The topological polar surface area (TPSA) is 83.8 Å². The number of hydroxylamine groups is 1. The predicted octanol–water partition coefficient (Wildman–Crippen LogP) is 0.311. The quantitative estimate of drug-likeness (QED) is 0.237. The number of rotatable bonds is 2. The Labute approximate surface area is 55.7 Å². The van der Waals surface area contributed by atoms with E-state index in [1.54, 1.807) is 5.40 Å². The van der Waals surface area contributed by atoms with E-state index >= 15 is 0 Å². The molecular weight excluding hydrogens is 140 g/mol. The van der Waals surface area contributed by atoms with Gasteiger partial charge in [-0.05, 0) is 0 Å². The zero-order valence-electron chi connectivity index (χ0n) is 4.11. The van der Waals surface area contributed by atoms with Crippen molar-refractivity contribution in [2.45, 2.75) is 0 Å². The number of hydrogen-bond acceptors (Lipinski definition) is 6. The second kappa shape index (κ2) is 4.58. The SMILES string of the molecule is N#CON(C#N)SC#N. The zero-order chi connectivity index (χ0) is 7.11. The van der Waals surface area contributed by atoms with Gasteiger partial charge >= 0.3 is 6.26 Å². The maximum Gasteiger partial charge on any atom is 0.316 e. The first-order chi connectivity index (χ1) is 4.35. The Morgan fingerprint density at radius 3 is 2.33 bits per heavy atom. The average Bonchev–Trinajstić information content (AvgIpc) is 1.88. The van der Waals surface area contributed by atoms with E-state index in [0.717, 1.165) is 0 Å². The molecule has 44 valence electrons. The van der Waals surface area contributed by atoms with Crippen LogP contribution in [0.25, 0.3) is 0 Å². The van der Waals surface area contributed by atoms with Crippen LogP contribution in [0.4, 0.5) is 0 Å². The Morgan fingerprint density at radius 2 is 2.00 bits per heavy atom. The zero-order valence-corrected chi connectivity index (χ0v) is 4.92. The lowest BCUT2D eigenvalue weighted by atomic mass is 11.4. The molecule has 0 heterocycles. The average molecular weight is 140 g/mol. The summed E-state index contributed by atoms with van der Waals surface area (Å²) >= 11 is 0.434. The molecule has 0 aliphatic heterocycles. The molecule has 0 fully saturated rings. The molecule has 0 N–H and O–H groups in total. The van der Waals surface area contributed by atoms with Crippen LogP contribution < -0.4 is 0 Å². The van der Waals surface area contributed by atoms with Crippen LogP contribution in [-0.2, 0) is 4.84 Å². The number of nitrogens with zero attached hydrogens (tertiary/aromatic N) is 4. The summed E-state index contributed by atoms with van der Waals surface area (Å²) in [6.45, 7) is 0. The van der Waals surface area contributed by atoms with Gasteiger partial charge in [0.1, 0.15) is 11.9 Å². The van der Waals surface area contributed by atoms with Crippen LogP contribution >= 0.6 is 11.9 Å². The molecule has 0 aliphatic carbocycles. The second-order valence-corrected chi connectivity index (χ2v) is 1.42. The van der Waals surface area contributed by atoms with E-state index in [1.165, 1.54) is 12.4 Å². The minimum absolute atomic E-state index is 0.434. The first-order valence-corrected chi connectivity index (χ1v) is 2.44. The largest absolute Gasteiger partial charge is 0.316 e. The fraction of sp³-hybridized carbons (Fsp3) is 0. The molecule has 9 heavy (non-hydrogen) atoms. The maximum absolute atomic E-state index is 8.02. The maximum atomic E-state index is 8.02. The van der Waals surface area contributed by atoms with Crippen molar-refractivity contribution in [1.82, 2.24) is 4.47 Å². The van der Waals surface area contributed by atoms with Gasteiger partial charge in [0, 0.05) is 0 Å². The molecule has 0 aliphatic rings. The molecule has 5 nitrogen and oxygen atoms in total. The highest BCUT2D eigenvalue weighted by molar-refractivity contribution is 8.01. The molecule has 0 saturated heterocycles. The Bertz CT molecular complexity index is 179. The molecule has 0 bridgehead atoms. The van der Waals surface area contributed by atoms with Crippen LogP contribution in [0.3, 0.4) is 0 Å². The Kier molecular flexibility index (Phi) is 3.77. The smallest absolute Gasteiger partial charge is 0.277 e. The van der Waals surface area contributed by atoms with Gasteiger partial charge in [-0.25, -0.2) is 0 Å². The summed E-state index contributed by atoms with van der Waals surface area (Å²) in [5.74, 6) is 0. The van der Waals surface area contributed by atoms with Gasteiger partial charge in [-0.2, -0.15) is 10.5 Å². The van der Waals surface area contributed by atoms with Crippen molar-refractivity contribution >= 4 is 11.9 Å². The highest BCUT2D eigenvalue weighted by Gasteiger charge is 1.99. The van der Waals surface area contributed by atoms with E-state index in [1.807, 2.05) is 0 Å². The van der Waals surface area contributed by atoms with Crippen LogP contribution in [0, 0.1) is 33.6 Å². The van der Waals surface area contributed by atoms with E-state index in [2.05, 4.69) is 4.84 Å². The summed E-state index contributed by atoms with van der Waals surface area (Å²) in [4.78, 5) is 3.95. The Hall–Kier alpha value is -1.58. The van der Waals surface area contributed by atoms with Crippen LogP contribution in [-0.4, -0.2) is 4.47 Å². The summed E-state index contributed by atoms with van der Waals surface area (Å²) in [5.41, 5.74) is 0. The lowest BCUT2D eigenvalue weighted by Gasteiger charge is -1.98. The summed E-state index contributed by atoms with van der Waals surface area (Å²) < 4.78 is 0.486. The third-order valence-corrected chi connectivity index (χ3v) is 0.733. The molecule has 0 radical (unpaired) electrons. The molecule has 0 rings (SSSR count). The van der Waals surface area contributed by atoms with Crippen LogP contribution in [0.15, 0.2) is 0 Å². The van der Waals surface area contributed by atoms with Gasteiger partial charge in [-0.3, -0.25) is 4.84 Å². The molecule has 0 amide bonds. The van der Waals surface area contributed by atoms with Crippen molar-refractivity contribution in [2.75, 3.05) is 0 Å². The first kappa shape index (κ1) is 7.42. The van der Waals surface area contributed by atoms with Gasteiger partial charge in [-0.15, -0.1) is 5.26 Å². The molecule has 0 aromatic heterocycles. The number of nitriles is 3. The van der Waals surface area contributed by atoms with Crippen LogP contribution in [0.2, 0.25) is 0 Å². The Morgan fingerprint density at radius 1 is 1.33 bits per heavy atom. The van der Waals surface area contributed by atoms with E-state index in [4.69, 9.17) is 15.8 Å². The number of hydrogen-bond donors (Lipinski definition) is 0. The van der Waals surface area contributed by atoms with Crippen molar-refractivity contribution < 1.29 is 4.84 Å². The minimum Gasteiger partial charge on any atom is -0.277 e. The molecule has 0 saturated carbocycles. The summed E-state index contributed by atoms with van der Waals surface area (Å²) in [6.07, 6.45) is 2.67. The molecule has 0 aromatic rings. The van der Waals surface area contributed by atoms with E-state index in [9.17, 15) is 0 Å². The second-order valence-electron chi connectivity index (χ2n) is 0.722. The van der Waals surface area contributed by atoms with Crippen molar-refractivity contribution in [2.24, 2.45) is 0 Å². The van der Waals surface area contributed by atoms with Crippen LogP contribution in [0.5, 0.6) is 0 Å². The standard InChI is InChI=1S/C3N4OS/c4-1-7(8-2-5)9-3-6. The molecule has 6 heteroatoms. The van der Waals surface area contributed by atoms with E-state index in [0.29, 0.717) is 16.4 Å². The fourth-order valence-corrected chi connectivity index (χ4v) is 0.319. The van der Waals surface area contributed by atoms with Crippen molar-refractivity contribution in [1.29, 1.82) is 15.8 Å². The molecule has 0 unspecified atom stereocenters. The van der Waals surface area contributed by atoms with Gasteiger partial charge in [0.25, 0.3) is 0 Å². The highest BCUT2D eigenvalue weighted by Crippen LogP contribution is 2.04. The minimum atomic E-state index is 0.434. The third kappa shape index (κ3) is 3.04. The summed E-state index contributed by atoms with van der Waals surface area (Å²) in [6, 6.07) is 0. The number of thiocyanates is 1. The third-order valence-electron chi connectivity index (χ3n) is 0.329. The van der Waals surface area contributed by atoms with Gasteiger partial charge in [0.2, 0.25) is 6.19 Å². The van der Waals surface area contributed by atoms with Crippen molar-refractivity contribution in [3.05, 3.63) is 0 Å². The molecule has 0 atom stereocenters. The fourth-order valence-electron chi connectivity index (χ4n) is 0.134. The first-order valence-electron chi connectivity index (χ1n) is 1.67. The van der Waals surface area contributed by atoms with E-state index in [-0.39, 0.29) is 0 Å². The van der Waals surface area contributed by atoms with Gasteiger partial charge in [0.05, 0.1) is 0 Å². The monoisotopic (exact) mass is 140 g/mol. The summed E-state index contributed by atoms with van der Waals surface area (Å²) in [5, 5.41) is 25.3. The lowest BCUT2D eigenvalue weighted by Crippen LogP contribution is -2.03. The van der Waals surface area contributed by atoms with E-state index < -0.39 is 0 Å². The lowest BCUT2D eigenvalue weighted by molar-refractivity contribution is 0.0707. The van der Waals surface area contributed by atoms with Crippen molar-refractivity contribution in [3.63, 3.8) is 0 Å². The van der Waals surface area contributed by atoms with Crippen LogP contribution in [0.1, 0.15) is 0 Å². The van der Waals surface area contributed by atoms with Gasteiger partial charge in [0.15, 0.2) is 5.40 Å². The van der Waals surface area contributed by atoms with Gasteiger partial charge in [-0.1, -0.05) is 4.47 Å². The Balaban J connectivity index is 3.65. The van der Waals surface area contributed by atoms with Gasteiger partial charge < -0.3 is 0 Å². The predicted molar refractivity (Wildman–Crippen MR) is 27.4 cm³/mol. The molecule has 0 aromatic carbocycles.